The van der Waals surface area contributed by atoms with E-state index in [1.54, 1.807) is 4.57 Å². The van der Waals surface area contributed by atoms with Gasteiger partial charge in [0.05, 0.1) is 16.8 Å². The molecule has 0 fully saturated rings. The summed E-state index contributed by atoms with van der Waals surface area (Å²) in [6, 6.07) is 39.3. The first-order valence-electron chi connectivity index (χ1n) is 11.0. The maximum Gasteiger partial charge on any atom is 0.308 e. The van der Waals surface area contributed by atoms with Crippen LogP contribution in [0.4, 0.5) is 0 Å². The number of rotatable bonds is 7. The van der Waals surface area contributed by atoms with Crippen LogP contribution in [-0.2, 0) is 6.54 Å². The molecule has 0 bridgehead atoms. The van der Waals surface area contributed by atoms with Crippen molar-refractivity contribution in [2.24, 2.45) is 0 Å². The van der Waals surface area contributed by atoms with E-state index in [-0.39, 0.29) is 11.4 Å². The Kier molecular flexibility index (Phi) is 6.24. The van der Waals surface area contributed by atoms with Gasteiger partial charge in [0.1, 0.15) is 35.4 Å². The summed E-state index contributed by atoms with van der Waals surface area (Å²) >= 11 is 1.23. The second-order valence-corrected chi connectivity index (χ2v) is 12.6. The summed E-state index contributed by atoms with van der Waals surface area (Å²) in [6.45, 7) is 0.275. The first-order valence-corrected chi connectivity index (χ1v) is 13.8. The minimum atomic E-state index is -2.17. The zero-order valence-corrected chi connectivity index (χ0v) is 19.8. The molecule has 4 aromatic carbocycles. The van der Waals surface area contributed by atoms with Gasteiger partial charge in [0.25, 0.3) is 0 Å². The molecule has 0 unspecified atom stereocenters. The van der Waals surface area contributed by atoms with Crippen LogP contribution in [0.15, 0.2) is 120 Å². The van der Waals surface area contributed by atoms with Crippen molar-refractivity contribution in [1.29, 1.82) is 0 Å². The lowest BCUT2D eigenvalue weighted by molar-refractivity contribution is 0.178. The van der Waals surface area contributed by atoms with Gasteiger partial charge in [0.15, 0.2) is 0 Å². The van der Waals surface area contributed by atoms with E-state index in [4.69, 9.17) is 0 Å². The second-order valence-electron chi connectivity index (χ2n) is 8.10. The number of para-hydroxylation sites is 1. The summed E-state index contributed by atoms with van der Waals surface area (Å²) in [5.74, 6) is 0. The van der Waals surface area contributed by atoms with E-state index in [2.05, 4.69) is 72.8 Å². The van der Waals surface area contributed by atoms with Crippen LogP contribution >= 0.6 is 18.6 Å². The molecule has 0 aliphatic heterocycles. The maximum atomic E-state index is 12.7. The monoisotopic (exact) mass is 470 g/mol. The lowest BCUT2D eigenvalue weighted by Crippen LogP contribution is -2.38. The number of aliphatic hydroxyl groups excluding tert-OH is 1. The molecule has 5 rings (SSSR count). The number of thiazole rings is 1. The first kappa shape index (κ1) is 21.8. The summed E-state index contributed by atoms with van der Waals surface area (Å²) < 4.78 is 2.67. The van der Waals surface area contributed by atoms with E-state index in [1.807, 2.05) is 42.5 Å². The molecule has 3 nitrogen and oxygen atoms in total. The zero-order valence-electron chi connectivity index (χ0n) is 18.1. The Labute approximate surface area is 197 Å². The molecule has 1 atom stereocenters. The number of aromatic nitrogens is 1. The predicted octanol–water partition coefficient (Wildman–Crippen LogP) is 4.42. The lowest BCUT2D eigenvalue weighted by atomic mass is 10.3. The Balaban J connectivity index is 1.63. The van der Waals surface area contributed by atoms with Gasteiger partial charge < -0.3 is 5.11 Å². The summed E-state index contributed by atoms with van der Waals surface area (Å²) in [7, 11) is -2.17. The fourth-order valence-corrected chi connectivity index (χ4v) is 9.80. The van der Waals surface area contributed by atoms with Crippen molar-refractivity contribution >= 4 is 44.7 Å². The first-order chi connectivity index (χ1) is 16.2. The summed E-state index contributed by atoms with van der Waals surface area (Å²) in [6.07, 6.45) is -0.128. The third-order valence-electron chi connectivity index (χ3n) is 6.04. The topological polar surface area (TPSA) is 42.2 Å². The SMILES string of the molecule is O=c1sc2ccccc2n1C[C@H](O)C[P+](c1ccccc1)(c1ccccc1)c1ccccc1. The fraction of sp³-hybridized carbons (Fsp3) is 0.107. The van der Waals surface area contributed by atoms with Crippen LogP contribution < -0.4 is 20.8 Å². The van der Waals surface area contributed by atoms with Crippen LogP contribution in [0.25, 0.3) is 10.2 Å². The van der Waals surface area contributed by atoms with Gasteiger partial charge >= 0.3 is 4.87 Å². The molecule has 0 spiro atoms. The van der Waals surface area contributed by atoms with E-state index in [1.165, 1.54) is 27.3 Å². The van der Waals surface area contributed by atoms with E-state index in [9.17, 15) is 9.90 Å². The minimum Gasteiger partial charge on any atom is -0.387 e. The maximum absolute atomic E-state index is 12.7. The third kappa shape index (κ3) is 4.18. The average Bonchev–Trinajstić information content (AvgIpc) is 3.19. The highest BCUT2D eigenvalue weighted by molar-refractivity contribution is 7.95. The summed E-state index contributed by atoms with van der Waals surface area (Å²) in [5.41, 5.74) is 0.884. The Morgan fingerprint density at radius 2 is 1.15 bits per heavy atom. The molecule has 33 heavy (non-hydrogen) atoms. The highest BCUT2D eigenvalue weighted by Gasteiger charge is 2.46. The molecule has 0 saturated carbocycles. The van der Waals surface area contributed by atoms with Crippen molar-refractivity contribution in [2.45, 2.75) is 12.6 Å². The van der Waals surface area contributed by atoms with Gasteiger partial charge in [-0.15, -0.1) is 0 Å². The Morgan fingerprint density at radius 3 is 1.67 bits per heavy atom. The predicted molar refractivity (Wildman–Crippen MR) is 142 cm³/mol. The molecule has 5 aromatic rings. The van der Waals surface area contributed by atoms with Crippen molar-refractivity contribution in [3.63, 3.8) is 0 Å². The van der Waals surface area contributed by atoms with Crippen molar-refractivity contribution < 1.29 is 5.11 Å². The molecule has 0 radical (unpaired) electrons. The molecule has 0 amide bonds. The highest BCUT2D eigenvalue weighted by atomic mass is 32.1. The Hall–Kier alpha value is -3.04. The fourth-order valence-electron chi connectivity index (χ4n) is 4.58. The van der Waals surface area contributed by atoms with Crippen LogP contribution in [0.2, 0.25) is 0 Å². The number of hydrogen-bond donors (Lipinski definition) is 1. The third-order valence-corrected chi connectivity index (χ3v) is 11.5. The van der Waals surface area contributed by atoms with Crippen LogP contribution in [0.5, 0.6) is 0 Å². The standard InChI is InChI=1S/C28H25NO2PS/c30-22(20-29-26-18-10-11-19-27(26)33-28(29)31)21-32(23-12-4-1-5-13-23,24-14-6-2-7-15-24)25-16-8-3-9-17-25/h1-19,22,30H,20-21H2/q+1/t22-/m0/s1. The Bertz CT molecular complexity index is 1300. The molecular weight excluding hydrogens is 445 g/mol. The van der Waals surface area contributed by atoms with Crippen molar-refractivity contribution in [3.05, 3.63) is 125 Å². The van der Waals surface area contributed by atoms with Gasteiger partial charge in [-0.1, -0.05) is 78.1 Å². The van der Waals surface area contributed by atoms with E-state index in [0.29, 0.717) is 6.16 Å². The van der Waals surface area contributed by atoms with Crippen molar-refractivity contribution in [1.82, 2.24) is 4.57 Å². The molecule has 0 saturated heterocycles. The number of benzene rings is 4. The highest BCUT2D eigenvalue weighted by Crippen LogP contribution is 2.55. The van der Waals surface area contributed by atoms with Crippen LogP contribution in [0.1, 0.15) is 0 Å². The van der Waals surface area contributed by atoms with Crippen molar-refractivity contribution in [2.75, 3.05) is 6.16 Å². The second kappa shape index (κ2) is 9.44. The number of aliphatic hydroxyl groups is 1. The van der Waals surface area contributed by atoms with Gasteiger partial charge in [0.2, 0.25) is 0 Å². The number of fused-ring (bicyclic) bond motifs is 1. The molecule has 0 aliphatic carbocycles. The van der Waals surface area contributed by atoms with E-state index >= 15 is 0 Å². The van der Waals surface area contributed by atoms with Crippen molar-refractivity contribution in [3.8, 4) is 0 Å². The summed E-state index contributed by atoms with van der Waals surface area (Å²) in [4.78, 5) is 12.7. The van der Waals surface area contributed by atoms with Crippen LogP contribution in [0, 0.1) is 0 Å². The molecule has 1 N–H and O–H groups in total. The minimum absolute atomic E-state index is 0.0293. The normalized spacial score (nSPS) is 12.6. The van der Waals surface area contributed by atoms with Gasteiger partial charge in [-0.2, -0.15) is 0 Å². The number of hydrogen-bond acceptors (Lipinski definition) is 3. The molecule has 1 aromatic heterocycles. The molecule has 164 valence electrons. The smallest absolute Gasteiger partial charge is 0.308 e. The quantitative estimate of drug-likeness (QED) is 0.358. The largest absolute Gasteiger partial charge is 0.387 e. The zero-order chi connectivity index (χ0) is 22.7. The molecular formula is C28H25NO2PS+. The van der Waals surface area contributed by atoms with Gasteiger partial charge in [0, 0.05) is 0 Å². The van der Waals surface area contributed by atoms with Gasteiger partial charge in [-0.3, -0.25) is 9.36 Å². The molecule has 1 heterocycles. The summed E-state index contributed by atoms with van der Waals surface area (Å²) in [5, 5.41) is 15.2. The average molecular weight is 471 g/mol. The van der Waals surface area contributed by atoms with Crippen LogP contribution in [-0.4, -0.2) is 21.9 Å². The number of nitrogens with zero attached hydrogens (tertiary/aromatic N) is 1. The van der Waals surface area contributed by atoms with E-state index < -0.39 is 13.4 Å². The lowest BCUT2D eigenvalue weighted by Gasteiger charge is -2.29. The van der Waals surface area contributed by atoms with Crippen LogP contribution in [0.3, 0.4) is 0 Å². The van der Waals surface area contributed by atoms with E-state index in [0.717, 1.165) is 10.2 Å². The molecule has 5 heteroatoms. The van der Waals surface area contributed by atoms with Gasteiger partial charge in [-0.05, 0) is 48.5 Å². The molecule has 0 aliphatic rings. The van der Waals surface area contributed by atoms with Gasteiger partial charge in [-0.25, -0.2) is 0 Å². The Morgan fingerprint density at radius 1 is 0.697 bits per heavy atom.